The van der Waals surface area contributed by atoms with Crippen LogP contribution in [0, 0.1) is 10.9 Å². The molecule has 0 bridgehead atoms. The van der Waals surface area contributed by atoms with Gasteiger partial charge in [-0.15, -0.1) is 11.3 Å². The number of hydrogen-bond acceptors (Lipinski definition) is 5. The van der Waals surface area contributed by atoms with Crippen molar-refractivity contribution in [3.8, 4) is 5.75 Å². The predicted octanol–water partition coefficient (Wildman–Crippen LogP) is 3.42. The summed E-state index contributed by atoms with van der Waals surface area (Å²) in [7, 11) is 0. The summed E-state index contributed by atoms with van der Waals surface area (Å²) in [6.07, 6.45) is -0.619. The first kappa shape index (κ1) is 19.1. The van der Waals surface area contributed by atoms with Crippen LogP contribution in [0.1, 0.15) is 17.5 Å². The van der Waals surface area contributed by atoms with Gasteiger partial charge in [0, 0.05) is 10.6 Å². The molecule has 3 aromatic rings. The summed E-state index contributed by atoms with van der Waals surface area (Å²) in [4.78, 5) is 28.0. The molecule has 2 aromatic carbocycles. The van der Waals surface area contributed by atoms with Gasteiger partial charge in [-0.3, -0.25) is 20.4 Å². The second kappa shape index (κ2) is 8.32. The third kappa shape index (κ3) is 4.93. The van der Waals surface area contributed by atoms with E-state index in [4.69, 9.17) is 17.0 Å². The van der Waals surface area contributed by atoms with Gasteiger partial charge in [-0.1, -0.05) is 30.3 Å². The highest BCUT2D eigenvalue weighted by Gasteiger charge is 2.16. The number of rotatable bonds is 5. The minimum Gasteiger partial charge on any atom is -0.481 e. The molecule has 0 aliphatic rings. The lowest BCUT2D eigenvalue weighted by molar-refractivity contribution is -0.132. The highest BCUT2D eigenvalue weighted by atomic mass is 32.1. The maximum Gasteiger partial charge on any atom is 0.279 e. The van der Waals surface area contributed by atoms with Crippen LogP contribution in [-0.4, -0.2) is 22.9 Å². The Bertz CT molecular complexity index is 1040. The van der Waals surface area contributed by atoms with Crippen molar-refractivity contribution < 1.29 is 14.3 Å². The molecule has 1 heterocycles. The van der Waals surface area contributed by atoms with Crippen molar-refractivity contribution in [2.24, 2.45) is 0 Å². The number of thiazole rings is 1. The van der Waals surface area contributed by atoms with Crippen LogP contribution in [-0.2, 0) is 16.0 Å². The largest absolute Gasteiger partial charge is 0.481 e. The van der Waals surface area contributed by atoms with Gasteiger partial charge < -0.3 is 9.72 Å². The Morgan fingerprint density at radius 2 is 1.93 bits per heavy atom. The molecule has 0 aliphatic heterocycles. The predicted molar refractivity (Wildman–Crippen MR) is 108 cm³/mol. The first-order valence-corrected chi connectivity index (χ1v) is 9.57. The Morgan fingerprint density at radius 1 is 1.19 bits per heavy atom. The van der Waals surface area contributed by atoms with Gasteiger partial charge in [0.15, 0.2) is 10.1 Å². The zero-order valence-electron chi connectivity index (χ0n) is 14.9. The third-order valence-corrected chi connectivity index (χ3v) is 5.31. The maximum absolute atomic E-state index is 12.2. The molecule has 3 rings (SSSR count). The summed E-state index contributed by atoms with van der Waals surface area (Å²) in [6.45, 7) is 3.48. The van der Waals surface area contributed by atoms with Crippen LogP contribution in [0.2, 0.25) is 0 Å². The van der Waals surface area contributed by atoms with Crippen molar-refractivity contribution in [1.82, 2.24) is 15.8 Å². The van der Waals surface area contributed by atoms with Crippen molar-refractivity contribution in [1.29, 1.82) is 0 Å². The van der Waals surface area contributed by atoms with Crippen LogP contribution in [0.25, 0.3) is 10.8 Å². The number of ether oxygens (including phenoxy) is 1. The molecule has 0 saturated carbocycles. The van der Waals surface area contributed by atoms with E-state index in [1.807, 2.05) is 49.4 Å². The maximum atomic E-state index is 12.2. The van der Waals surface area contributed by atoms with E-state index in [0.29, 0.717) is 9.70 Å². The number of hydrazine groups is 1. The van der Waals surface area contributed by atoms with E-state index in [-0.39, 0.29) is 12.3 Å². The lowest BCUT2D eigenvalue weighted by Gasteiger charge is -2.15. The van der Waals surface area contributed by atoms with Crippen LogP contribution in [0.5, 0.6) is 5.75 Å². The quantitative estimate of drug-likeness (QED) is 0.452. The number of carbonyl (C=O) groups is 2. The van der Waals surface area contributed by atoms with E-state index in [0.717, 1.165) is 21.3 Å². The molecule has 27 heavy (non-hydrogen) atoms. The van der Waals surface area contributed by atoms with E-state index >= 15 is 0 Å². The number of aromatic amines is 1. The number of amides is 2. The summed E-state index contributed by atoms with van der Waals surface area (Å²) >= 11 is 6.40. The number of H-pyrrole nitrogens is 1. The van der Waals surface area contributed by atoms with Gasteiger partial charge >= 0.3 is 0 Å². The first-order chi connectivity index (χ1) is 12.9. The average Bonchev–Trinajstić information content (AvgIpc) is 2.96. The van der Waals surface area contributed by atoms with Gasteiger partial charge in [-0.2, -0.15) is 0 Å². The molecule has 0 spiro atoms. The first-order valence-electron chi connectivity index (χ1n) is 8.35. The second-order valence-corrected chi connectivity index (χ2v) is 7.82. The molecule has 0 unspecified atom stereocenters. The van der Waals surface area contributed by atoms with Gasteiger partial charge in [0.05, 0.1) is 6.42 Å². The number of aromatic nitrogens is 1. The Labute approximate surface area is 165 Å². The topological polar surface area (TPSA) is 83.2 Å². The zero-order valence-corrected chi connectivity index (χ0v) is 16.5. The van der Waals surface area contributed by atoms with Gasteiger partial charge in [-0.25, -0.2) is 0 Å². The van der Waals surface area contributed by atoms with E-state index < -0.39 is 12.0 Å². The van der Waals surface area contributed by atoms with Crippen LogP contribution in [0.4, 0.5) is 0 Å². The molecule has 0 saturated heterocycles. The van der Waals surface area contributed by atoms with Gasteiger partial charge in [0.1, 0.15) is 5.75 Å². The van der Waals surface area contributed by atoms with Gasteiger partial charge in [0.2, 0.25) is 5.91 Å². The van der Waals surface area contributed by atoms with Crippen LogP contribution < -0.4 is 15.6 Å². The van der Waals surface area contributed by atoms with Crippen molar-refractivity contribution in [2.75, 3.05) is 0 Å². The van der Waals surface area contributed by atoms with E-state index in [1.165, 1.54) is 11.3 Å². The second-order valence-electron chi connectivity index (χ2n) is 6.05. The summed E-state index contributed by atoms with van der Waals surface area (Å²) < 4.78 is 6.30. The average molecular weight is 402 g/mol. The SMILES string of the molecule is Cc1[nH]c(=S)sc1CC(=O)NNC(=O)[C@H](C)Oc1ccc2ccccc2c1. The number of benzene rings is 2. The van der Waals surface area contributed by atoms with Crippen LogP contribution in [0.15, 0.2) is 42.5 Å². The van der Waals surface area contributed by atoms with Crippen molar-refractivity contribution in [3.63, 3.8) is 0 Å². The van der Waals surface area contributed by atoms with Crippen molar-refractivity contribution in [2.45, 2.75) is 26.4 Å². The summed E-state index contributed by atoms with van der Waals surface area (Å²) in [6, 6.07) is 13.5. The van der Waals surface area contributed by atoms with Gasteiger partial charge in [-0.05, 0) is 49.0 Å². The third-order valence-electron chi connectivity index (χ3n) is 3.97. The Balaban J connectivity index is 1.53. The summed E-state index contributed by atoms with van der Waals surface area (Å²) in [5.41, 5.74) is 5.66. The molecular formula is C19H19N3O3S2. The van der Waals surface area contributed by atoms with E-state index in [1.54, 1.807) is 6.92 Å². The molecule has 0 fully saturated rings. The normalized spacial score (nSPS) is 11.8. The Kier molecular flexibility index (Phi) is 5.88. The number of aryl methyl sites for hydroxylation is 1. The standard InChI is InChI=1S/C19H19N3O3S2/c1-11-16(27-19(26)20-11)10-17(23)21-22-18(24)12(2)25-15-8-7-13-5-3-4-6-14(13)9-15/h3-9,12H,10H2,1-2H3,(H,20,26)(H,21,23)(H,22,24)/t12-/m0/s1. The van der Waals surface area contributed by atoms with Crippen LogP contribution >= 0.6 is 23.6 Å². The molecule has 0 radical (unpaired) electrons. The molecule has 140 valence electrons. The van der Waals surface area contributed by atoms with Crippen molar-refractivity contribution >= 4 is 46.1 Å². The zero-order chi connectivity index (χ0) is 19.4. The molecule has 1 aromatic heterocycles. The fourth-order valence-corrected chi connectivity index (χ4v) is 3.82. The molecule has 1 atom stereocenters. The lowest BCUT2D eigenvalue weighted by Crippen LogP contribution is -2.47. The smallest absolute Gasteiger partial charge is 0.279 e. The minimum atomic E-state index is -0.762. The number of carbonyl (C=O) groups excluding carboxylic acids is 2. The van der Waals surface area contributed by atoms with Gasteiger partial charge in [0.25, 0.3) is 5.91 Å². The Hall–Kier alpha value is -2.71. The van der Waals surface area contributed by atoms with E-state index in [2.05, 4.69) is 15.8 Å². The summed E-state index contributed by atoms with van der Waals surface area (Å²) in [5.74, 6) is -0.171. The lowest BCUT2D eigenvalue weighted by atomic mass is 10.1. The van der Waals surface area contributed by atoms with Crippen LogP contribution in [0.3, 0.4) is 0 Å². The molecule has 3 N–H and O–H groups in total. The fourth-order valence-electron chi connectivity index (χ4n) is 2.53. The Morgan fingerprint density at radius 3 is 2.63 bits per heavy atom. The highest BCUT2D eigenvalue weighted by molar-refractivity contribution is 7.73. The molecule has 2 amide bonds. The molecule has 8 heteroatoms. The number of nitrogens with one attached hydrogen (secondary N) is 3. The minimum absolute atomic E-state index is 0.143. The monoisotopic (exact) mass is 401 g/mol. The summed E-state index contributed by atoms with van der Waals surface area (Å²) in [5, 5.41) is 2.12. The fraction of sp³-hybridized carbons (Fsp3) is 0.211. The molecule has 6 nitrogen and oxygen atoms in total. The molecule has 0 aliphatic carbocycles. The molecular weight excluding hydrogens is 382 g/mol. The number of hydrogen-bond donors (Lipinski definition) is 3. The van der Waals surface area contributed by atoms with Crippen molar-refractivity contribution in [3.05, 3.63) is 57.0 Å². The van der Waals surface area contributed by atoms with E-state index in [9.17, 15) is 9.59 Å². The number of fused-ring (bicyclic) bond motifs is 1. The highest BCUT2D eigenvalue weighted by Crippen LogP contribution is 2.21.